The van der Waals surface area contributed by atoms with Gasteiger partial charge >= 0.3 is 0 Å². The Morgan fingerprint density at radius 3 is 2.93 bits per heavy atom. The highest BCUT2D eigenvalue weighted by molar-refractivity contribution is 5.97. The average Bonchev–Trinajstić information content (AvgIpc) is 3.11. The molecule has 3 aromatic rings. The molecule has 1 amide bonds. The molecule has 1 N–H and O–H groups in total. The molecule has 1 aromatic carbocycles. The number of pyridine rings is 1. The molecule has 1 unspecified atom stereocenters. The van der Waals surface area contributed by atoms with Crippen LogP contribution < -0.4 is 5.32 Å². The van der Waals surface area contributed by atoms with Crippen molar-refractivity contribution in [2.75, 3.05) is 19.6 Å². The number of amides is 1. The largest absolute Gasteiger partial charge is 0.329 e. The molecule has 1 atom stereocenters. The lowest BCUT2D eigenvalue weighted by Crippen LogP contribution is -2.48. The van der Waals surface area contributed by atoms with Gasteiger partial charge in [0.05, 0.1) is 17.8 Å². The van der Waals surface area contributed by atoms with Gasteiger partial charge in [0.15, 0.2) is 5.65 Å². The van der Waals surface area contributed by atoms with Crippen LogP contribution in [0.1, 0.15) is 41.9 Å². The number of rotatable bonds is 3. The Balaban J connectivity index is 1.66. The van der Waals surface area contributed by atoms with E-state index >= 15 is 0 Å². The van der Waals surface area contributed by atoms with Crippen LogP contribution >= 0.6 is 0 Å². The lowest BCUT2D eigenvalue weighted by Gasteiger charge is -2.36. The number of benzene rings is 1. The fraction of sp³-hybridized carbons (Fsp3) is 0.350. The Morgan fingerprint density at radius 1 is 1.30 bits per heavy atom. The van der Waals surface area contributed by atoms with Gasteiger partial charge in [-0.15, -0.1) is 0 Å². The number of fused-ring (bicyclic) bond motifs is 1. The number of piperazine rings is 1. The molecule has 1 aliphatic rings. The number of carbonyl (C=O) groups excluding carboxylic acids is 1. The van der Waals surface area contributed by atoms with Crippen LogP contribution in [-0.2, 0) is 0 Å². The summed E-state index contributed by atoms with van der Waals surface area (Å²) in [4.78, 5) is 19.5. The van der Waals surface area contributed by atoms with E-state index in [1.54, 1.807) is 23.4 Å². The molecule has 3 heterocycles. The highest BCUT2D eigenvalue weighted by atomic mass is 19.1. The summed E-state index contributed by atoms with van der Waals surface area (Å²) in [6.45, 7) is 5.94. The molecule has 0 bridgehead atoms. The van der Waals surface area contributed by atoms with Crippen LogP contribution in [0.15, 0.2) is 42.7 Å². The first kappa shape index (κ1) is 17.6. The second-order valence-corrected chi connectivity index (χ2v) is 7.09. The Hall–Kier alpha value is -2.80. The SMILES string of the molecule is CC(C)n1ncc2cc(C(=O)N3CCNCC3c3cccc(F)c3)cnc21. The quantitative estimate of drug-likeness (QED) is 0.773. The molecule has 4 rings (SSSR count). The summed E-state index contributed by atoms with van der Waals surface area (Å²) in [6.07, 6.45) is 3.34. The van der Waals surface area contributed by atoms with Crippen molar-refractivity contribution in [1.82, 2.24) is 25.0 Å². The van der Waals surface area contributed by atoms with Gasteiger partial charge in [0.2, 0.25) is 0 Å². The van der Waals surface area contributed by atoms with Crippen LogP contribution in [0, 0.1) is 5.82 Å². The third-order valence-corrected chi connectivity index (χ3v) is 4.91. The van der Waals surface area contributed by atoms with E-state index in [0.29, 0.717) is 25.2 Å². The van der Waals surface area contributed by atoms with Crippen molar-refractivity contribution in [3.63, 3.8) is 0 Å². The zero-order chi connectivity index (χ0) is 19.0. The zero-order valence-electron chi connectivity index (χ0n) is 15.4. The lowest BCUT2D eigenvalue weighted by molar-refractivity contribution is 0.0633. The first-order valence-corrected chi connectivity index (χ1v) is 9.15. The lowest BCUT2D eigenvalue weighted by atomic mass is 10.0. The van der Waals surface area contributed by atoms with Crippen molar-refractivity contribution in [2.45, 2.75) is 25.9 Å². The maximum atomic E-state index is 13.7. The Morgan fingerprint density at radius 2 is 2.15 bits per heavy atom. The van der Waals surface area contributed by atoms with E-state index in [1.165, 1.54) is 12.1 Å². The van der Waals surface area contributed by atoms with E-state index in [4.69, 9.17) is 0 Å². The molecule has 0 aliphatic carbocycles. The van der Waals surface area contributed by atoms with Crippen molar-refractivity contribution in [1.29, 1.82) is 0 Å². The molecular weight excluding hydrogens is 345 g/mol. The summed E-state index contributed by atoms with van der Waals surface area (Å²) in [6, 6.07) is 8.26. The molecule has 0 saturated carbocycles. The molecule has 6 nitrogen and oxygen atoms in total. The van der Waals surface area contributed by atoms with Gasteiger partial charge in [-0.3, -0.25) is 4.79 Å². The molecule has 7 heteroatoms. The van der Waals surface area contributed by atoms with Crippen molar-refractivity contribution in [3.8, 4) is 0 Å². The summed E-state index contributed by atoms with van der Waals surface area (Å²) >= 11 is 0. The van der Waals surface area contributed by atoms with E-state index in [2.05, 4.69) is 15.4 Å². The highest BCUT2D eigenvalue weighted by Gasteiger charge is 2.29. The number of hydrogen-bond acceptors (Lipinski definition) is 4. The van der Waals surface area contributed by atoms with E-state index in [1.807, 2.05) is 30.7 Å². The maximum absolute atomic E-state index is 13.7. The van der Waals surface area contributed by atoms with Crippen molar-refractivity contribution in [3.05, 3.63) is 59.7 Å². The minimum atomic E-state index is -0.297. The predicted molar refractivity (Wildman–Crippen MR) is 101 cm³/mol. The minimum Gasteiger partial charge on any atom is -0.329 e. The average molecular weight is 367 g/mol. The molecular formula is C20H22FN5O. The van der Waals surface area contributed by atoms with Gasteiger partial charge < -0.3 is 10.2 Å². The van der Waals surface area contributed by atoms with E-state index < -0.39 is 0 Å². The van der Waals surface area contributed by atoms with Crippen molar-refractivity contribution < 1.29 is 9.18 Å². The summed E-state index contributed by atoms with van der Waals surface area (Å²) in [5.41, 5.74) is 2.08. The Labute approximate surface area is 157 Å². The summed E-state index contributed by atoms with van der Waals surface area (Å²) in [7, 11) is 0. The number of carbonyl (C=O) groups is 1. The molecule has 27 heavy (non-hydrogen) atoms. The fourth-order valence-corrected chi connectivity index (χ4v) is 3.56. The van der Waals surface area contributed by atoms with Gasteiger partial charge in [0, 0.05) is 37.3 Å². The molecule has 1 saturated heterocycles. The van der Waals surface area contributed by atoms with Gasteiger partial charge in [-0.1, -0.05) is 12.1 Å². The van der Waals surface area contributed by atoms with Crippen LogP contribution in [-0.4, -0.2) is 45.2 Å². The first-order chi connectivity index (χ1) is 13.0. The summed E-state index contributed by atoms with van der Waals surface area (Å²) in [5.74, 6) is -0.396. The first-order valence-electron chi connectivity index (χ1n) is 9.15. The van der Waals surface area contributed by atoms with Crippen molar-refractivity contribution >= 4 is 16.9 Å². The second kappa shape index (κ2) is 7.08. The minimum absolute atomic E-state index is 0.0996. The number of halogens is 1. The second-order valence-electron chi connectivity index (χ2n) is 7.09. The van der Waals surface area contributed by atoms with E-state index in [-0.39, 0.29) is 23.8 Å². The number of hydrogen-bond donors (Lipinski definition) is 1. The maximum Gasteiger partial charge on any atom is 0.256 e. The molecule has 140 valence electrons. The Kier molecular flexibility index (Phi) is 4.61. The highest BCUT2D eigenvalue weighted by Crippen LogP contribution is 2.26. The summed E-state index contributed by atoms with van der Waals surface area (Å²) < 4.78 is 15.5. The van der Waals surface area contributed by atoms with Crippen LogP contribution in [0.4, 0.5) is 4.39 Å². The van der Waals surface area contributed by atoms with Gasteiger partial charge in [-0.2, -0.15) is 5.10 Å². The van der Waals surface area contributed by atoms with Crippen LogP contribution in [0.3, 0.4) is 0 Å². The number of nitrogens with zero attached hydrogens (tertiary/aromatic N) is 4. The molecule has 1 aliphatic heterocycles. The zero-order valence-corrected chi connectivity index (χ0v) is 15.4. The molecule has 0 radical (unpaired) electrons. The van der Waals surface area contributed by atoms with Gasteiger partial charge in [0.1, 0.15) is 5.82 Å². The van der Waals surface area contributed by atoms with Crippen LogP contribution in [0.25, 0.3) is 11.0 Å². The number of aromatic nitrogens is 3. The smallest absolute Gasteiger partial charge is 0.256 e. The topological polar surface area (TPSA) is 63.1 Å². The van der Waals surface area contributed by atoms with Gasteiger partial charge in [-0.25, -0.2) is 14.1 Å². The van der Waals surface area contributed by atoms with Crippen LogP contribution in [0.2, 0.25) is 0 Å². The monoisotopic (exact) mass is 367 g/mol. The molecule has 0 spiro atoms. The standard InChI is InChI=1S/C20H22FN5O/c1-13(2)26-19-15(11-24-26)8-16(10-23-19)20(27)25-7-6-22-12-18(25)14-4-3-5-17(21)9-14/h3-5,8-11,13,18,22H,6-7,12H2,1-2H3. The molecule has 1 fully saturated rings. The van der Waals surface area contributed by atoms with E-state index in [0.717, 1.165) is 16.6 Å². The summed E-state index contributed by atoms with van der Waals surface area (Å²) in [5, 5.41) is 8.49. The third kappa shape index (κ3) is 3.30. The fourth-order valence-electron chi connectivity index (χ4n) is 3.56. The normalized spacial score (nSPS) is 17.6. The van der Waals surface area contributed by atoms with Gasteiger partial charge in [-0.05, 0) is 37.6 Å². The molecule has 2 aromatic heterocycles. The Bertz CT molecular complexity index is 983. The van der Waals surface area contributed by atoms with Crippen LogP contribution in [0.5, 0.6) is 0 Å². The van der Waals surface area contributed by atoms with Crippen molar-refractivity contribution in [2.24, 2.45) is 0 Å². The number of nitrogens with one attached hydrogen (secondary N) is 1. The third-order valence-electron chi connectivity index (χ3n) is 4.91. The van der Waals surface area contributed by atoms with E-state index in [9.17, 15) is 9.18 Å². The predicted octanol–water partition coefficient (Wildman–Crippen LogP) is 2.94. The van der Waals surface area contributed by atoms with Gasteiger partial charge in [0.25, 0.3) is 5.91 Å².